The SMILES string of the molecule is O=C(O)CNC(=O)CN1CCN(C(=O)c2ccc(Cl)cc2F)CC1. The molecule has 1 aliphatic rings. The van der Waals surface area contributed by atoms with Crippen LogP contribution in [0, 0.1) is 5.82 Å². The normalized spacial score (nSPS) is 15.2. The third kappa shape index (κ3) is 4.90. The Morgan fingerprint density at radius 2 is 1.88 bits per heavy atom. The lowest BCUT2D eigenvalue weighted by Gasteiger charge is -2.34. The molecule has 1 heterocycles. The number of carboxylic acid groups (broad SMARTS) is 1. The van der Waals surface area contributed by atoms with E-state index in [0.717, 1.165) is 6.07 Å². The molecule has 0 aromatic heterocycles. The van der Waals surface area contributed by atoms with E-state index in [1.807, 2.05) is 0 Å². The molecule has 0 unspecified atom stereocenters. The number of rotatable bonds is 5. The van der Waals surface area contributed by atoms with Crippen molar-refractivity contribution < 1.29 is 23.9 Å². The zero-order valence-corrected chi connectivity index (χ0v) is 13.6. The standard InChI is InChI=1S/C15H17ClFN3O4/c16-10-1-2-11(12(17)7-10)15(24)20-5-3-19(4-6-20)9-13(21)18-8-14(22)23/h1-2,7H,3-6,8-9H2,(H,18,21)(H,22,23). The highest BCUT2D eigenvalue weighted by Crippen LogP contribution is 2.17. The number of benzene rings is 1. The summed E-state index contributed by atoms with van der Waals surface area (Å²) in [5.41, 5.74) is -0.0351. The maximum atomic E-state index is 13.8. The number of hydrogen-bond acceptors (Lipinski definition) is 4. The molecule has 130 valence electrons. The molecule has 24 heavy (non-hydrogen) atoms. The molecule has 9 heteroatoms. The third-order valence-corrected chi connectivity index (χ3v) is 3.86. The van der Waals surface area contributed by atoms with Crippen LogP contribution in [0.3, 0.4) is 0 Å². The molecule has 1 aromatic rings. The molecule has 0 spiro atoms. The molecule has 2 N–H and O–H groups in total. The maximum Gasteiger partial charge on any atom is 0.322 e. The van der Waals surface area contributed by atoms with Crippen LogP contribution in [0.4, 0.5) is 4.39 Å². The third-order valence-electron chi connectivity index (χ3n) is 3.63. The molecule has 0 saturated carbocycles. The Bertz CT molecular complexity index is 648. The lowest BCUT2D eigenvalue weighted by Crippen LogP contribution is -2.51. The number of carboxylic acids is 1. The molecule has 0 atom stereocenters. The molecule has 7 nitrogen and oxygen atoms in total. The van der Waals surface area contributed by atoms with Crippen LogP contribution in [0.25, 0.3) is 0 Å². The molecule has 0 bridgehead atoms. The zero-order chi connectivity index (χ0) is 17.7. The van der Waals surface area contributed by atoms with Crippen LogP contribution in [0.15, 0.2) is 18.2 Å². The van der Waals surface area contributed by atoms with Crippen LogP contribution in [0.2, 0.25) is 5.02 Å². The maximum absolute atomic E-state index is 13.8. The first-order valence-electron chi connectivity index (χ1n) is 7.32. The molecule has 1 fully saturated rings. The van der Waals surface area contributed by atoms with Crippen LogP contribution in [0.1, 0.15) is 10.4 Å². The first kappa shape index (κ1) is 18.2. The predicted molar refractivity (Wildman–Crippen MR) is 84.4 cm³/mol. The van der Waals surface area contributed by atoms with Gasteiger partial charge in [-0.05, 0) is 18.2 Å². The average Bonchev–Trinajstić information content (AvgIpc) is 2.53. The fourth-order valence-electron chi connectivity index (χ4n) is 2.38. The minimum Gasteiger partial charge on any atom is -0.480 e. The number of halogens is 2. The van der Waals surface area contributed by atoms with Crippen molar-refractivity contribution in [3.8, 4) is 0 Å². The van der Waals surface area contributed by atoms with E-state index in [1.165, 1.54) is 17.0 Å². The van der Waals surface area contributed by atoms with E-state index in [2.05, 4.69) is 5.32 Å². The van der Waals surface area contributed by atoms with Crippen molar-refractivity contribution in [1.82, 2.24) is 15.1 Å². The Morgan fingerprint density at radius 3 is 2.46 bits per heavy atom. The van der Waals surface area contributed by atoms with Crippen molar-refractivity contribution in [3.63, 3.8) is 0 Å². The van der Waals surface area contributed by atoms with Crippen molar-refractivity contribution >= 4 is 29.4 Å². The minimum absolute atomic E-state index is 0.0351. The van der Waals surface area contributed by atoms with E-state index in [1.54, 1.807) is 4.90 Å². The first-order valence-corrected chi connectivity index (χ1v) is 7.70. The molecule has 1 aliphatic heterocycles. The van der Waals surface area contributed by atoms with Gasteiger partial charge in [0.2, 0.25) is 5.91 Å². The predicted octanol–water partition coefficient (Wildman–Crippen LogP) is 0.438. The lowest BCUT2D eigenvalue weighted by atomic mass is 10.1. The summed E-state index contributed by atoms with van der Waals surface area (Å²) in [4.78, 5) is 37.6. The second-order valence-electron chi connectivity index (χ2n) is 5.36. The molecule has 0 aliphatic carbocycles. The fraction of sp³-hybridized carbons (Fsp3) is 0.400. The van der Waals surface area contributed by atoms with Crippen LogP contribution >= 0.6 is 11.6 Å². The van der Waals surface area contributed by atoms with Gasteiger partial charge in [0.1, 0.15) is 12.4 Å². The van der Waals surface area contributed by atoms with Gasteiger partial charge in [0.25, 0.3) is 5.91 Å². The van der Waals surface area contributed by atoms with Gasteiger partial charge in [0.15, 0.2) is 0 Å². The van der Waals surface area contributed by atoms with Gasteiger partial charge < -0.3 is 15.3 Å². The van der Waals surface area contributed by atoms with Crippen LogP contribution in [-0.4, -0.2) is 72.0 Å². The molecule has 2 rings (SSSR count). The Balaban J connectivity index is 1.85. The van der Waals surface area contributed by atoms with E-state index in [0.29, 0.717) is 26.2 Å². The summed E-state index contributed by atoms with van der Waals surface area (Å²) < 4.78 is 13.8. The molecular formula is C15H17ClFN3O4. The van der Waals surface area contributed by atoms with Crippen molar-refractivity contribution in [3.05, 3.63) is 34.6 Å². The zero-order valence-electron chi connectivity index (χ0n) is 12.8. The van der Waals surface area contributed by atoms with E-state index >= 15 is 0 Å². The van der Waals surface area contributed by atoms with Crippen molar-refractivity contribution in [2.75, 3.05) is 39.3 Å². The monoisotopic (exact) mass is 357 g/mol. The summed E-state index contributed by atoms with van der Waals surface area (Å²) in [5.74, 6) is -2.58. The summed E-state index contributed by atoms with van der Waals surface area (Å²) in [5, 5.41) is 11.0. The summed E-state index contributed by atoms with van der Waals surface area (Å²) in [6, 6.07) is 3.91. The smallest absolute Gasteiger partial charge is 0.322 e. The lowest BCUT2D eigenvalue weighted by molar-refractivity contribution is -0.138. The topological polar surface area (TPSA) is 89.9 Å². The first-order chi connectivity index (χ1) is 11.4. The number of nitrogens with zero attached hydrogens (tertiary/aromatic N) is 2. The molecule has 2 amide bonds. The van der Waals surface area contributed by atoms with Crippen LogP contribution < -0.4 is 5.32 Å². The number of piperazine rings is 1. The number of aliphatic carboxylic acids is 1. The van der Waals surface area contributed by atoms with Gasteiger partial charge in [-0.15, -0.1) is 0 Å². The number of carbonyl (C=O) groups excluding carboxylic acids is 2. The highest BCUT2D eigenvalue weighted by molar-refractivity contribution is 6.30. The Kier molecular flexibility index (Phi) is 6.10. The van der Waals surface area contributed by atoms with E-state index in [4.69, 9.17) is 16.7 Å². The molecular weight excluding hydrogens is 341 g/mol. The Hall–Kier alpha value is -2.19. The second kappa shape index (κ2) is 8.07. The summed E-state index contributed by atoms with van der Waals surface area (Å²) >= 11 is 5.67. The van der Waals surface area contributed by atoms with Crippen molar-refractivity contribution in [2.24, 2.45) is 0 Å². The molecule has 0 radical (unpaired) electrons. The van der Waals surface area contributed by atoms with Gasteiger partial charge in [-0.25, -0.2) is 4.39 Å². The van der Waals surface area contributed by atoms with E-state index < -0.39 is 24.2 Å². The molecule has 1 saturated heterocycles. The number of hydrogen-bond donors (Lipinski definition) is 2. The highest BCUT2D eigenvalue weighted by atomic mass is 35.5. The quantitative estimate of drug-likeness (QED) is 0.798. The fourth-order valence-corrected chi connectivity index (χ4v) is 2.53. The second-order valence-corrected chi connectivity index (χ2v) is 5.80. The van der Waals surface area contributed by atoms with Gasteiger partial charge in [0.05, 0.1) is 12.1 Å². The van der Waals surface area contributed by atoms with Gasteiger partial charge in [-0.3, -0.25) is 19.3 Å². The Labute approximate surface area is 143 Å². The van der Waals surface area contributed by atoms with Gasteiger partial charge in [-0.2, -0.15) is 0 Å². The van der Waals surface area contributed by atoms with Crippen molar-refractivity contribution in [1.29, 1.82) is 0 Å². The molecule has 1 aromatic carbocycles. The number of nitrogens with one attached hydrogen (secondary N) is 1. The van der Waals surface area contributed by atoms with Crippen molar-refractivity contribution in [2.45, 2.75) is 0 Å². The Morgan fingerprint density at radius 1 is 1.21 bits per heavy atom. The number of carbonyl (C=O) groups is 3. The van der Waals surface area contributed by atoms with E-state index in [-0.39, 0.29) is 23.0 Å². The van der Waals surface area contributed by atoms with Crippen LogP contribution in [-0.2, 0) is 9.59 Å². The van der Waals surface area contributed by atoms with Crippen LogP contribution in [0.5, 0.6) is 0 Å². The van der Waals surface area contributed by atoms with E-state index in [9.17, 15) is 18.8 Å². The van der Waals surface area contributed by atoms with Gasteiger partial charge in [0, 0.05) is 31.2 Å². The van der Waals surface area contributed by atoms with Gasteiger partial charge >= 0.3 is 5.97 Å². The highest BCUT2D eigenvalue weighted by Gasteiger charge is 2.25. The summed E-state index contributed by atoms with van der Waals surface area (Å²) in [6.07, 6.45) is 0. The average molecular weight is 358 g/mol. The summed E-state index contributed by atoms with van der Waals surface area (Å²) in [6.45, 7) is 1.24. The number of amides is 2. The minimum atomic E-state index is -1.11. The summed E-state index contributed by atoms with van der Waals surface area (Å²) in [7, 11) is 0. The largest absolute Gasteiger partial charge is 0.480 e. The van der Waals surface area contributed by atoms with Gasteiger partial charge in [-0.1, -0.05) is 11.6 Å².